The Hall–Kier alpha value is -2.63. The number of esters is 3. The van der Waals surface area contributed by atoms with E-state index in [9.17, 15) is 14.4 Å². The summed E-state index contributed by atoms with van der Waals surface area (Å²) in [6.45, 7) is 6.66. The molecule has 1 atom stereocenters. The maximum Gasteiger partial charge on any atom is 0.306 e. The Bertz CT molecular complexity index is 1300. The molecule has 6 heteroatoms. The Kier molecular flexibility index (Phi) is 61.7. The molecule has 0 aromatic rings. The molecule has 0 spiro atoms. The molecule has 0 heterocycles. The van der Waals surface area contributed by atoms with Gasteiger partial charge in [-0.2, -0.15) is 0 Å². The van der Waals surface area contributed by atoms with E-state index in [0.29, 0.717) is 19.3 Å². The summed E-state index contributed by atoms with van der Waals surface area (Å²) in [5, 5.41) is 0. The molecule has 0 aromatic heterocycles. The molecule has 0 N–H and O–H groups in total. The first-order chi connectivity index (χ1) is 37.0. The second-order valence-electron chi connectivity index (χ2n) is 22.4. The van der Waals surface area contributed by atoms with Gasteiger partial charge in [0.05, 0.1) is 0 Å². The number of hydrogen-bond donors (Lipinski definition) is 0. The van der Waals surface area contributed by atoms with Crippen molar-refractivity contribution in [3.63, 3.8) is 0 Å². The highest BCUT2D eigenvalue weighted by atomic mass is 16.6. The van der Waals surface area contributed by atoms with Crippen molar-refractivity contribution in [2.45, 2.75) is 361 Å². The van der Waals surface area contributed by atoms with Crippen LogP contribution in [-0.2, 0) is 28.6 Å². The van der Waals surface area contributed by atoms with Gasteiger partial charge in [-0.3, -0.25) is 14.4 Å². The van der Waals surface area contributed by atoms with Gasteiger partial charge in [-0.05, 0) is 83.5 Å². The van der Waals surface area contributed by atoms with Gasteiger partial charge < -0.3 is 14.2 Å². The molecule has 0 aliphatic heterocycles. The third-order valence-electron chi connectivity index (χ3n) is 14.8. The summed E-state index contributed by atoms with van der Waals surface area (Å²) < 4.78 is 17.0. The van der Waals surface area contributed by atoms with Crippen LogP contribution in [0.5, 0.6) is 0 Å². The second-order valence-corrected chi connectivity index (χ2v) is 22.4. The quantitative estimate of drug-likeness (QED) is 0.0261. The van der Waals surface area contributed by atoms with E-state index in [1.54, 1.807) is 0 Å². The molecule has 438 valence electrons. The van der Waals surface area contributed by atoms with E-state index in [-0.39, 0.29) is 31.1 Å². The van der Waals surface area contributed by atoms with E-state index < -0.39 is 6.10 Å². The summed E-state index contributed by atoms with van der Waals surface area (Å²) in [5.41, 5.74) is 0. The van der Waals surface area contributed by atoms with Crippen molar-refractivity contribution in [2.24, 2.45) is 0 Å². The van der Waals surface area contributed by atoms with Crippen LogP contribution in [0.3, 0.4) is 0 Å². The Morgan fingerprint density at radius 2 is 0.480 bits per heavy atom. The largest absolute Gasteiger partial charge is 0.462 e. The maximum absolute atomic E-state index is 12.9. The Morgan fingerprint density at radius 3 is 0.760 bits per heavy atom. The highest BCUT2D eigenvalue weighted by Gasteiger charge is 2.19. The van der Waals surface area contributed by atoms with Gasteiger partial charge in [-0.1, -0.05) is 301 Å². The molecule has 0 saturated heterocycles. The van der Waals surface area contributed by atoms with Crippen molar-refractivity contribution < 1.29 is 28.6 Å². The molecule has 0 bridgehead atoms. The van der Waals surface area contributed by atoms with E-state index in [2.05, 4.69) is 69.4 Å². The number of unbranched alkanes of at least 4 members (excludes halogenated alkanes) is 42. The molecule has 75 heavy (non-hydrogen) atoms. The van der Waals surface area contributed by atoms with Gasteiger partial charge in [0.2, 0.25) is 0 Å². The standard InChI is InChI=1S/C69H126O6/c1-4-7-10-13-16-19-22-25-28-31-33-34-36-38-41-44-47-50-53-56-59-62-68(71)74-65-66(64-73-67(70)61-58-55-52-49-46-43-40-37-30-27-24-21-18-15-12-9-6-3)75-69(72)63-60-57-54-51-48-45-42-39-35-32-29-26-23-20-17-14-11-8-5-2/h17,20,22,25-26,29,31,33,66H,4-16,18-19,21,23-24,27-28,30,32,34-65H2,1-3H3/b20-17-,25-22-,29-26-,33-31-. The third kappa shape index (κ3) is 62.1. The molecule has 0 aliphatic rings. The van der Waals surface area contributed by atoms with E-state index in [1.165, 1.54) is 244 Å². The molecule has 0 aliphatic carbocycles. The number of carbonyl (C=O) groups excluding carboxylic acids is 3. The summed E-state index contributed by atoms with van der Waals surface area (Å²) in [5.74, 6) is -0.857. The van der Waals surface area contributed by atoms with Crippen molar-refractivity contribution in [1.29, 1.82) is 0 Å². The van der Waals surface area contributed by atoms with Gasteiger partial charge in [0, 0.05) is 19.3 Å². The van der Waals surface area contributed by atoms with E-state index in [0.717, 1.165) is 70.6 Å². The van der Waals surface area contributed by atoms with Crippen LogP contribution in [0.15, 0.2) is 48.6 Å². The zero-order valence-corrected chi connectivity index (χ0v) is 50.3. The minimum atomic E-state index is -0.776. The van der Waals surface area contributed by atoms with Crippen molar-refractivity contribution in [1.82, 2.24) is 0 Å². The van der Waals surface area contributed by atoms with Gasteiger partial charge in [0.1, 0.15) is 13.2 Å². The molecular weight excluding hydrogens is 925 g/mol. The van der Waals surface area contributed by atoms with E-state index in [4.69, 9.17) is 14.2 Å². The van der Waals surface area contributed by atoms with Crippen LogP contribution in [0.2, 0.25) is 0 Å². The van der Waals surface area contributed by atoms with Crippen molar-refractivity contribution in [3.8, 4) is 0 Å². The minimum Gasteiger partial charge on any atom is -0.462 e. The summed E-state index contributed by atoms with van der Waals surface area (Å²) in [7, 11) is 0. The summed E-state index contributed by atoms with van der Waals surface area (Å²) in [6, 6.07) is 0. The van der Waals surface area contributed by atoms with E-state index >= 15 is 0 Å². The summed E-state index contributed by atoms with van der Waals surface area (Å²) in [4.78, 5) is 38.4. The average molecular weight is 1050 g/mol. The lowest BCUT2D eigenvalue weighted by Crippen LogP contribution is -2.30. The first kappa shape index (κ1) is 72.4. The van der Waals surface area contributed by atoms with E-state index in [1.807, 2.05) is 0 Å². The van der Waals surface area contributed by atoms with Crippen LogP contribution in [-0.4, -0.2) is 37.2 Å². The van der Waals surface area contributed by atoms with Crippen molar-refractivity contribution >= 4 is 17.9 Å². The zero-order valence-electron chi connectivity index (χ0n) is 50.3. The molecule has 0 amide bonds. The third-order valence-corrected chi connectivity index (χ3v) is 14.8. The van der Waals surface area contributed by atoms with Gasteiger partial charge in [0.15, 0.2) is 6.10 Å². The van der Waals surface area contributed by atoms with Crippen molar-refractivity contribution in [3.05, 3.63) is 48.6 Å². The number of hydrogen-bond acceptors (Lipinski definition) is 6. The first-order valence-electron chi connectivity index (χ1n) is 33.1. The van der Waals surface area contributed by atoms with Crippen LogP contribution < -0.4 is 0 Å². The second kappa shape index (κ2) is 63.9. The SMILES string of the molecule is CCCCC/C=C\C/C=C\CCCCCCCCCCCC(=O)OC(COC(=O)CCCCCCCCCCC/C=C\C/C=C\CCCCCCC)COC(=O)CCCCCCCCCCCCCCCCCCC. The van der Waals surface area contributed by atoms with Crippen LogP contribution in [0.1, 0.15) is 355 Å². The van der Waals surface area contributed by atoms with Gasteiger partial charge in [0.25, 0.3) is 0 Å². The molecule has 0 saturated carbocycles. The first-order valence-corrected chi connectivity index (χ1v) is 33.1. The van der Waals surface area contributed by atoms with Crippen LogP contribution in [0.4, 0.5) is 0 Å². The number of rotatable bonds is 61. The Morgan fingerprint density at radius 1 is 0.267 bits per heavy atom. The topological polar surface area (TPSA) is 78.9 Å². The highest BCUT2D eigenvalue weighted by molar-refractivity contribution is 5.71. The number of ether oxygens (including phenoxy) is 3. The number of allylic oxidation sites excluding steroid dienone is 8. The summed E-state index contributed by atoms with van der Waals surface area (Å²) in [6.07, 6.45) is 79.7. The predicted octanol–water partition coefficient (Wildman–Crippen LogP) is 22.6. The lowest BCUT2D eigenvalue weighted by molar-refractivity contribution is -0.167. The molecule has 0 radical (unpaired) electrons. The van der Waals surface area contributed by atoms with Crippen LogP contribution >= 0.6 is 0 Å². The highest BCUT2D eigenvalue weighted by Crippen LogP contribution is 2.17. The normalized spacial score (nSPS) is 12.3. The molecule has 0 rings (SSSR count). The fourth-order valence-electron chi connectivity index (χ4n) is 9.80. The van der Waals surface area contributed by atoms with Crippen LogP contribution in [0, 0.1) is 0 Å². The average Bonchev–Trinajstić information content (AvgIpc) is 3.41. The van der Waals surface area contributed by atoms with Gasteiger partial charge >= 0.3 is 17.9 Å². The molecule has 6 nitrogen and oxygen atoms in total. The zero-order chi connectivity index (χ0) is 54.3. The molecule has 0 aromatic carbocycles. The lowest BCUT2D eigenvalue weighted by Gasteiger charge is -2.18. The molecule has 0 fully saturated rings. The maximum atomic E-state index is 12.9. The Labute approximate surface area is 467 Å². The summed E-state index contributed by atoms with van der Waals surface area (Å²) >= 11 is 0. The Balaban J connectivity index is 4.35. The monoisotopic (exact) mass is 1050 g/mol. The fraction of sp³-hybridized carbons (Fsp3) is 0.841. The lowest BCUT2D eigenvalue weighted by atomic mass is 10.0. The van der Waals surface area contributed by atoms with Gasteiger partial charge in [-0.15, -0.1) is 0 Å². The fourth-order valence-corrected chi connectivity index (χ4v) is 9.80. The van der Waals surface area contributed by atoms with Gasteiger partial charge in [-0.25, -0.2) is 0 Å². The minimum absolute atomic E-state index is 0.0721. The molecular formula is C69H126O6. The smallest absolute Gasteiger partial charge is 0.306 e. The van der Waals surface area contributed by atoms with Crippen LogP contribution in [0.25, 0.3) is 0 Å². The number of carbonyl (C=O) groups is 3. The molecule has 1 unspecified atom stereocenters. The predicted molar refractivity (Wildman–Crippen MR) is 325 cm³/mol. The van der Waals surface area contributed by atoms with Crippen molar-refractivity contribution in [2.75, 3.05) is 13.2 Å².